The number of hydrogen-bond acceptors (Lipinski definition) is 6. The summed E-state index contributed by atoms with van der Waals surface area (Å²) in [6.45, 7) is 3.45. The average molecular weight is 681 g/mol. The van der Waals surface area contributed by atoms with Gasteiger partial charge in [-0.15, -0.1) is 0 Å². The lowest BCUT2D eigenvalue weighted by molar-refractivity contribution is -0.150. The molecule has 280 valence electrons. The number of carbonyl (C=O) groups excluding carboxylic acids is 3. The number of carboxylic acid groups (broad SMARTS) is 1. The van der Waals surface area contributed by atoms with Gasteiger partial charge in [-0.25, -0.2) is 4.79 Å². The molecule has 0 aromatic rings. The van der Waals surface area contributed by atoms with Gasteiger partial charge in [-0.1, -0.05) is 129 Å². The fourth-order valence-electron chi connectivity index (χ4n) is 5.71. The molecule has 0 spiro atoms. The zero-order valence-corrected chi connectivity index (χ0v) is 30.8. The number of aliphatic hydroxyl groups excluding tert-OH is 1. The Balaban J connectivity index is 4.32. The van der Waals surface area contributed by atoms with Gasteiger partial charge in [-0.2, -0.15) is 0 Å². The Morgan fingerprint density at radius 3 is 1.65 bits per heavy atom. The number of aliphatic carboxylic acids is 1. The lowest BCUT2D eigenvalue weighted by atomic mass is 10.0. The monoisotopic (exact) mass is 681 g/mol. The Kier molecular flexibility index (Phi) is 32.7. The fraction of sp³-hybridized carbons (Fsp3) is 0.846. The zero-order valence-electron chi connectivity index (χ0n) is 30.8. The third-order valence-corrected chi connectivity index (χ3v) is 8.76. The number of rotatable bonds is 35. The van der Waals surface area contributed by atoms with Gasteiger partial charge in [-0.3, -0.25) is 14.4 Å². The first-order chi connectivity index (χ1) is 23.3. The standard InChI is InChI=1S/C39H72N2O7/c1-3-5-7-9-11-13-14-16-17-20-24-28-34(48-38(45)31-27-23-18-15-12-10-8-6-4-2)29-25-21-19-22-26-30-36(43)40-32-37(44)41-35(33-42)39(46)47/h16-17,34-35,42H,3-15,18-33H2,1-2H3,(H,40,43)(H,41,44)(H,46,47)/b17-16-. The molecule has 2 amide bonds. The van der Waals surface area contributed by atoms with Crippen molar-refractivity contribution in [2.45, 2.75) is 199 Å². The molecule has 0 radical (unpaired) electrons. The van der Waals surface area contributed by atoms with Crippen LogP contribution in [-0.4, -0.2) is 59.3 Å². The number of ether oxygens (including phenoxy) is 1. The van der Waals surface area contributed by atoms with Crippen LogP contribution in [0.25, 0.3) is 0 Å². The van der Waals surface area contributed by atoms with Crippen molar-refractivity contribution in [2.24, 2.45) is 0 Å². The lowest BCUT2D eigenvalue weighted by Crippen LogP contribution is -2.47. The number of carboxylic acids is 1. The molecule has 0 fully saturated rings. The number of carbonyl (C=O) groups is 4. The van der Waals surface area contributed by atoms with Gasteiger partial charge in [0.25, 0.3) is 0 Å². The van der Waals surface area contributed by atoms with E-state index in [4.69, 9.17) is 14.9 Å². The molecule has 4 N–H and O–H groups in total. The summed E-state index contributed by atoms with van der Waals surface area (Å²) in [4.78, 5) is 47.3. The minimum atomic E-state index is -1.38. The van der Waals surface area contributed by atoms with E-state index in [9.17, 15) is 19.2 Å². The van der Waals surface area contributed by atoms with E-state index in [1.54, 1.807) is 0 Å². The van der Waals surface area contributed by atoms with Crippen LogP contribution in [0.1, 0.15) is 187 Å². The molecule has 9 heteroatoms. The summed E-state index contributed by atoms with van der Waals surface area (Å²) in [5.41, 5.74) is 0. The van der Waals surface area contributed by atoms with Crippen molar-refractivity contribution < 1.29 is 34.1 Å². The van der Waals surface area contributed by atoms with E-state index in [2.05, 4.69) is 36.6 Å². The molecule has 2 atom stereocenters. The van der Waals surface area contributed by atoms with Crippen molar-refractivity contribution in [3.8, 4) is 0 Å². The summed E-state index contributed by atoms with van der Waals surface area (Å²) in [5.74, 6) is -2.31. The average Bonchev–Trinajstić information content (AvgIpc) is 3.07. The molecule has 0 aromatic heterocycles. The van der Waals surface area contributed by atoms with Crippen molar-refractivity contribution in [3.63, 3.8) is 0 Å². The summed E-state index contributed by atoms with van der Waals surface area (Å²) in [6.07, 6.45) is 33.8. The summed E-state index contributed by atoms with van der Waals surface area (Å²) < 4.78 is 5.97. The van der Waals surface area contributed by atoms with Crippen LogP contribution in [0.5, 0.6) is 0 Å². The van der Waals surface area contributed by atoms with Gasteiger partial charge in [0.1, 0.15) is 12.1 Å². The lowest BCUT2D eigenvalue weighted by Gasteiger charge is -2.18. The molecule has 2 unspecified atom stereocenters. The van der Waals surface area contributed by atoms with Gasteiger partial charge < -0.3 is 25.6 Å². The van der Waals surface area contributed by atoms with E-state index in [-0.39, 0.29) is 24.5 Å². The molecule has 0 aliphatic rings. The molecule has 48 heavy (non-hydrogen) atoms. The molecule has 0 saturated heterocycles. The van der Waals surface area contributed by atoms with E-state index in [1.807, 2.05) is 0 Å². The number of hydrogen-bond donors (Lipinski definition) is 4. The van der Waals surface area contributed by atoms with Gasteiger partial charge in [0, 0.05) is 12.8 Å². The van der Waals surface area contributed by atoms with Crippen LogP contribution in [0.2, 0.25) is 0 Å². The largest absolute Gasteiger partial charge is 0.480 e. The molecular formula is C39H72N2O7. The molecule has 0 aliphatic carbocycles. The SMILES string of the molecule is CCCCCCCC/C=C\CCCC(CCCCCCCC(=O)NCC(=O)NC(CO)C(=O)O)OC(=O)CCCCCCCCCCC. The second kappa shape index (κ2) is 34.4. The maximum absolute atomic E-state index is 12.7. The van der Waals surface area contributed by atoms with Crippen LogP contribution in [-0.2, 0) is 23.9 Å². The van der Waals surface area contributed by atoms with Gasteiger partial charge in [0.05, 0.1) is 13.2 Å². The Morgan fingerprint density at radius 2 is 1.08 bits per heavy atom. The first-order valence-electron chi connectivity index (χ1n) is 19.6. The predicted molar refractivity (Wildman–Crippen MR) is 195 cm³/mol. The van der Waals surface area contributed by atoms with E-state index >= 15 is 0 Å². The van der Waals surface area contributed by atoms with Gasteiger partial charge in [-0.05, 0) is 57.8 Å². The molecule has 0 bridgehead atoms. The number of esters is 1. The van der Waals surface area contributed by atoms with Crippen LogP contribution in [0, 0.1) is 0 Å². The summed E-state index contributed by atoms with van der Waals surface area (Å²) in [6, 6.07) is -1.38. The highest BCUT2D eigenvalue weighted by molar-refractivity contribution is 5.87. The summed E-state index contributed by atoms with van der Waals surface area (Å²) in [7, 11) is 0. The van der Waals surface area contributed by atoms with Crippen LogP contribution >= 0.6 is 0 Å². The molecule has 0 heterocycles. The Hall–Kier alpha value is -2.42. The van der Waals surface area contributed by atoms with Gasteiger partial charge in [0.15, 0.2) is 0 Å². The first kappa shape index (κ1) is 45.6. The number of allylic oxidation sites excluding steroid dienone is 2. The van der Waals surface area contributed by atoms with Crippen molar-refractivity contribution in [3.05, 3.63) is 12.2 Å². The highest BCUT2D eigenvalue weighted by atomic mass is 16.5. The Morgan fingerprint density at radius 1 is 0.604 bits per heavy atom. The third kappa shape index (κ3) is 30.9. The van der Waals surface area contributed by atoms with Crippen molar-refractivity contribution in [1.29, 1.82) is 0 Å². The smallest absolute Gasteiger partial charge is 0.328 e. The number of nitrogens with one attached hydrogen (secondary N) is 2. The number of unbranched alkanes of at least 4 members (excludes halogenated alkanes) is 19. The van der Waals surface area contributed by atoms with E-state index in [1.165, 1.54) is 83.5 Å². The van der Waals surface area contributed by atoms with E-state index < -0.39 is 24.5 Å². The normalized spacial score (nSPS) is 12.6. The van der Waals surface area contributed by atoms with Gasteiger partial charge >= 0.3 is 11.9 Å². The highest BCUT2D eigenvalue weighted by Gasteiger charge is 2.19. The van der Waals surface area contributed by atoms with Crippen molar-refractivity contribution >= 4 is 23.8 Å². The minimum Gasteiger partial charge on any atom is -0.480 e. The quantitative estimate of drug-likeness (QED) is 0.0298. The molecule has 0 rings (SSSR count). The van der Waals surface area contributed by atoms with Crippen LogP contribution in [0.4, 0.5) is 0 Å². The Bertz CT molecular complexity index is 833. The molecule has 9 nitrogen and oxygen atoms in total. The van der Waals surface area contributed by atoms with Crippen LogP contribution in [0.3, 0.4) is 0 Å². The second-order valence-corrected chi connectivity index (χ2v) is 13.4. The molecule has 0 aromatic carbocycles. The summed E-state index contributed by atoms with van der Waals surface area (Å²) >= 11 is 0. The van der Waals surface area contributed by atoms with Crippen LogP contribution < -0.4 is 10.6 Å². The third-order valence-electron chi connectivity index (χ3n) is 8.76. The van der Waals surface area contributed by atoms with E-state index in [0.717, 1.165) is 70.6 Å². The zero-order chi connectivity index (χ0) is 35.5. The van der Waals surface area contributed by atoms with E-state index in [0.29, 0.717) is 19.3 Å². The predicted octanol–water partition coefficient (Wildman–Crippen LogP) is 8.70. The van der Waals surface area contributed by atoms with Crippen LogP contribution in [0.15, 0.2) is 12.2 Å². The maximum atomic E-state index is 12.7. The molecular weight excluding hydrogens is 608 g/mol. The number of aliphatic hydroxyl groups is 1. The maximum Gasteiger partial charge on any atom is 0.328 e. The highest BCUT2D eigenvalue weighted by Crippen LogP contribution is 2.18. The summed E-state index contributed by atoms with van der Waals surface area (Å²) in [5, 5.41) is 22.5. The number of amides is 2. The van der Waals surface area contributed by atoms with Gasteiger partial charge in [0.2, 0.25) is 11.8 Å². The topological polar surface area (TPSA) is 142 Å². The first-order valence-corrected chi connectivity index (χ1v) is 19.6. The second-order valence-electron chi connectivity index (χ2n) is 13.4. The minimum absolute atomic E-state index is 0.0356. The molecule has 0 saturated carbocycles. The Labute approximate surface area is 292 Å². The molecule has 0 aliphatic heterocycles. The fourth-order valence-corrected chi connectivity index (χ4v) is 5.71. The van der Waals surface area contributed by atoms with Crippen molar-refractivity contribution in [2.75, 3.05) is 13.2 Å². The van der Waals surface area contributed by atoms with Crippen molar-refractivity contribution in [1.82, 2.24) is 10.6 Å².